The molecule has 0 aliphatic carbocycles. The van der Waals surface area contributed by atoms with Crippen molar-refractivity contribution in [2.75, 3.05) is 0 Å². The summed E-state index contributed by atoms with van der Waals surface area (Å²) in [6.07, 6.45) is 3.14. The predicted molar refractivity (Wildman–Crippen MR) is 87.2 cm³/mol. The molecule has 0 unspecified atom stereocenters. The normalized spacial score (nSPS) is 11.0. The van der Waals surface area contributed by atoms with Gasteiger partial charge in [0.25, 0.3) is 0 Å². The maximum absolute atomic E-state index is 10.0. The molecule has 0 saturated heterocycles. The van der Waals surface area contributed by atoms with Crippen LogP contribution in [0.2, 0.25) is 0 Å². The smallest absolute Gasteiger partial charge is 0.216 e. The summed E-state index contributed by atoms with van der Waals surface area (Å²) < 4.78 is 1.61. The Hall–Kier alpha value is -3.34. The summed E-state index contributed by atoms with van der Waals surface area (Å²) in [7, 11) is 0. The van der Waals surface area contributed by atoms with Crippen molar-refractivity contribution in [3.63, 3.8) is 0 Å². The Labute approximate surface area is 132 Å². The molecule has 0 radical (unpaired) electrons. The lowest BCUT2D eigenvalue weighted by Crippen LogP contribution is -1.96. The lowest BCUT2D eigenvalue weighted by molar-refractivity contribution is 0.448. The Morgan fingerprint density at radius 3 is 2.30 bits per heavy atom. The number of phenols is 1. The minimum Gasteiger partial charge on any atom is -0.508 e. The van der Waals surface area contributed by atoms with E-state index in [0.29, 0.717) is 17.0 Å². The van der Waals surface area contributed by atoms with Crippen LogP contribution in [0.1, 0.15) is 0 Å². The zero-order chi connectivity index (χ0) is 15.8. The number of imidazole rings is 1. The van der Waals surface area contributed by atoms with Crippen LogP contribution in [0.25, 0.3) is 28.2 Å². The zero-order valence-corrected chi connectivity index (χ0v) is 12.1. The molecule has 0 aliphatic heterocycles. The summed E-state index contributed by atoms with van der Waals surface area (Å²) in [6, 6.07) is 16.5. The van der Waals surface area contributed by atoms with Gasteiger partial charge in [0.15, 0.2) is 5.65 Å². The molecule has 23 heavy (non-hydrogen) atoms. The Morgan fingerprint density at radius 2 is 1.57 bits per heavy atom. The number of rotatable bonds is 2. The average Bonchev–Trinajstić information content (AvgIpc) is 2.97. The van der Waals surface area contributed by atoms with Gasteiger partial charge in [0.1, 0.15) is 11.4 Å². The van der Waals surface area contributed by atoms with Gasteiger partial charge in [-0.1, -0.05) is 30.3 Å². The number of nitrogens with zero attached hydrogens (tertiary/aromatic N) is 3. The number of aromatic nitrogens is 3. The van der Waals surface area contributed by atoms with Crippen molar-refractivity contribution in [1.82, 2.24) is 14.4 Å². The number of benzene rings is 2. The first-order valence-corrected chi connectivity index (χ1v) is 7.14. The third kappa shape index (κ3) is 2.28. The van der Waals surface area contributed by atoms with Gasteiger partial charge in [-0.05, 0) is 24.3 Å². The van der Waals surface area contributed by atoms with E-state index in [-0.39, 0.29) is 11.6 Å². The van der Waals surface area contributed by atoms with Gasteiger partial charge in [-0.25, -0.2) is 9.97 Å². The monoisotopic (exact) mass is 303 g/mol. The number of hydrogen-bond acceptors (Lipinski definition) is 4. The minimum absolute atomic E-state index is 0.0552. The predicted octanol–water partition coefficient (Wildman–Crippen LogP) is 3.47. The van der Waals surface area contributed by atoms with Crippen molar-refractivity contribution in [3.8, 4) is 34.1 Å². The molecule has 0 aliphatic rings. The molecule has 5 heteroatoms. The Morgan fingerprint density at radius 1 is 0.826 bits per heavy atom. The molecule has 0 fully saturated rings. The standard InChI is InChI=1S/C18H13N3O2/c22-14-8-6-12(7-9-14)15-11-21-16(23)10-19-18(21)17(20-15)13-4-2-1-3-5-13/h1-11,22-23H. The SMILES string of the molecule is Oc1ccc(-c2cn3c(O)cnc3c(-c3ccccc3)n2)cc1. The first-order valence-electron chi connectivity index (χ1n) is 7.14. The summed E-state index contributed by atoms with van der Waals surface area (Å²) in [4.78, 5) is 8.96. The molecule has 4 rings (SSSR count). The quantitative estimate of drug-likeness (QED) is 0.595. The molecule has 0 amide bonds. The second kappa shape index (κ2) is 5.14. The minimum atomic E-state index is 0.0552. The summed E-state index contributed by atoms with van der Waals surface area (Å²) in [5, 5.41) is 19.5. The van der Waals surface area contributed by atoms with Gasteiger partial charge in [-0.2, -0.15) is 0 Å². The third-order valence-electron chi connectivity index (χ3n) is 3.68. The van der Waals surface area contributed by atoms with Gasteiger partial charge in [-0.3, -0.25) is 4.40 Å². The fourth-order valence-corrected chi connectivity index (χ4v) is 2.54. The topological polar surface area (TPSA) is 70.7 Å². The Kier molecular flexibility index (Phi) is 2.98. The van der Waals surface area contributed by atoms with E-state index in [0.717, 1.165) is 11.1 Å². The van der Waals surface area contributed by atoms with Gasteiger partial charge in [0.05, 0.1) is 11.9 Å². The molecule has 0 saturated carbocycles. The van der Waals surface area contributed by atoms with Crippen molar-refractivity contribution < 1.29 is 10.2 Å². The first-order chi connectivity index (χ1) is 11.2. The summed E-state index contributed by atoms with van der Waals surface area (Å²) in [6.45, 7) is 0. The second-order valence-electron chi connectivity index (χ2n) is 5.20. The van der Waals surface area contributed by atoms with E-state index in [1.165, 1.54) is 6.20 Å². The van der Waals surface area contributed by atoms with E-state index in [1.54, 1.807) is 34.9 Å². The van der Waals surface area contributed by atoms with E-state index < -0.39 is 0 Å². The van der Waals surface area contributed by atoms with Crippen molar-refractivity contribution in [2.45, 2.75) is 0 Å². The van der Waals surface area contributed by atoms with E-state index in [2.05, 4.69) is 4.98 Å². The van der Waals surface area contributed by atoms with Crippen LogP contribution in [0.3, 0.4) is 0 Å². The molecule has 2 heterocycles. The van der Waals surface area contributed by atoms with Gasteiger partial charge in [0.2, 0.25) is 5.88 Å². The van der Waals surface area contributed by atoms with Crippen LogP contribution in [-0.2, 0) is 0 Å². The van der Waals surface area contributed by atoms with Crippen molar-refractivity contribution in [2.24, 2.45) is 0 Å². The highest BCUT2D eigenvalue weighted by atomic mass is 16.3. The van der Waals surface area contributed by atoms with E-state index in [4.69, 9.17) is 4.98 Å². The highest BCUT2D eigenvalue weighted by molar-refractivity contribution is 5.77. The van der Waals surface area contributed by atoms with E-state index >= 15 is 0 Å². The van der Waals surface area contributed by atoms with Gasteiger partial charge in [-0.15, -0.1) is 0 Å². The fourth-order valence-electron chi connectivity index (χ4n) is 2.54. The van der Waals surface area contributed by atoms with Crippen LogP contribution in [0.15, 0.2) is 67.0 Å². The molecule has 2 N–H and O–H groups in total. The summed E-state index contributed by atoms with van der Waals surface area (Å²) >= 11 is 0. The second-order valence-corrected chi connectivity index (χ2v) is 5.20. The van der Waals surface area contributed by atoms with Gasteiger partial charge >= 0.3 is 0 Å². The number of fused-ring (bicyclic) bond motifs is 1. The molecular weight excluding hydrogens is 290 g/mol. The molecule has 2 aromatic heterocycles. The van der Waals surface area contributed by atoms with Crippen molar-refractivity contribution >= 4 is 5.65 Å². The Balaban J connectivity index is 2.00. The van der Waals surface area contributed by atoms with Crippen LogP contribution in [0.4, 0.5) is 0 Å². The maximum atomic E-state index is 10.0. The average molecular weight is 303 g/mol. The van der Waals surface area contributed by atoms with Gasteiger partial charge < -0.3 is 10.2 Å². The highest BCUT2D eigenvalue weighted by Crippen LogP contribution is 2.29. The Bertz CT molecular complexity index is 977. The molecular formula is C18H13N3O2. The number of aromatic hydroxyl groups is 2. The molecule has 5 nitrogen and oxygen atoms in total. The number of phenolic OH excluding ortho intramolecular Hbond substituents is 1. The van der Waals surface area contributed by atoms with Crippen LogP contribution >= 0.6 is 0 Å². The van der Waals surface area contributed by atoms with Gasteiger partial charge in [0, 0.05) is 17.3 Å². The number of hydrogen-bond donors (Lipinski definition) is 2. The lowest BCUT2D eigenvalue weighted by atomic mass is 10.1. The molecule has 112 valence electrons. The summed E-state index contributed by atoms with van der Waals surface area (Å²) in [5.41, 5.74) is 3.73. The van der Waals surface area contributed by atoms with Crippen LogP contribution < -0.4 is 0 Å². The van der Waals surface area contributed by atoms with E-state index in [9.17, 15) is 10.2 Å². The van der Waals surface area contributed by atoms with Crippen LogP contribution in [-0.4, -0.2) is 24.6 Å². The maximum Gasteiger partial charge on any atom is 0.216 e. The van der Waals surface area contributed by atoms with E-state index in [1.807, 2.05) is 30.3 Å². The molecule has 4 aromatic rings. The van der Waals surface area contributed by atoms with Crippen molar-refractivity contribution in [1.29, 1.82) is 0 Å². The molecule has 0 bridgehead atoms. The van der Waals surface area contributed by atoms with Crippen LogP contribution in [0, 0.1) is 0 Å². The molecule has 2 aromatic carbocycles. The largest absolute Gasteiger partial charge is 0.508 e. The lowest BCUT2D eigenvalue weighted by Gasteiger charge is -2.08. The highest BCUT2D eigenvalue weighted by Gasteiger charge is 2.13. The van der Waals surface area contributed by atoms with Crippen LogP contribution in [0.5, 0.6) is 11.6 Å². The third-order valence-corrected chi connectivity index (χ3v) is 3.68. The molecule has 0 spiro atoms. The molecule has 0 atom stereocenters. The summed E-state index contributed by atoms with van der Waals surface area (Å²) in [5.74, 6) is 0.253. The zero-order valence-electron chi connectivity index (χ0n) is 12.1. The fraction of sp³-hybridized carbons (Fsp3) is 0. The van der Waals surface area contributed by atoms with Crippen molar-refractivity contribution in [3.05, 3.63) is 67.0 Å². The first kappa shape index (κ1) is 13.3.